The van der Waals surface area contributed by atoms with Gasteiger partial charge in [0, 0.05) is 24.5 Å². The van der Waals surface area contributed by atoms with Gasteiger partial charge in [0.05, 0.1) is 0 Å². The predicted molar refractivity (Wildman–Crippen MR) is 68.4 cm³/mol. The second-order valence-corrected chi connectivity index (χ2v) is 3.59. The summed E-state index contributed by atoms with van der Waals surface area (Å²) in [6.45, 7) is 3.27. The van der Waals surface area contributed by atoms with Crippen LogP contribution in [-0.2, 0) is 4.79 Å². The van der Waals surface area contributed by atoms with Gasteiger partial charge in [-0.25, -0.2) is 0 Å². The Labute approximate surface area is 105 Å². The van der Waals surface area contributed by atoms with Crippen LogP contribution in [0.5, 0.6) is 0 Å². The number of anilines is 2. The van der Waals surface area contributed by atoms with E-state index in [2.05, 4.69) is 10.6 Å². The summed E-state index contributed by atoms with van der Waals surface area (Å²) in [6.07, 6.45) is 1.33. The van der Waals surface area contributed by atoms with Crippen molar-refractivity contribution in [3.05, 3.63) is 35.5 Å². The molecule has 0 fully saturated rings. The Morgan fingerprint density at radius 3 is 2.44 bits per heavy atom. The van der Waals surface area contributed by atoms with Gasteiger partial charge in [-0.05, 0) is 24.6 Å². The molecule has 0 unspecified atom stereocenters. The average molecular weight is 240 g/mol. The van der Waals surface area contributed by atoms with Gasteiger partial charge < -0.3 is 10.6 Å². The van der Waals surface area contributed by atoms with Gasteiger partial charge in [0.25, 0.3) is 0 Å². The predicted octanol–water partition coefficient (Wildman–Crippen LogP) is 2.30. The van der Waals surface area contributed by atoms with Crippen LogP contribution in [0.4, 0.5) is 11.4 Å². The van der Waals surface area contributed by atoms with E-state index in [1.165, 1.54) is 13.1 Å². The lowest BCUT2D eigenvalue weighted by Crippen LogP contribution is -2.07. The molecule has 0 heterocycles. The van der Waals surface area contributed by atoms with Gasteiger partial charge >= 0.3 is 0 Å². The van der Waals surface area contributed by atoms with Gasteiger partial charge in [0.15, 0.2) is 0 Å². The smallest absolute Gasteiger partial charge is 0.221 e. The molecular weight excluding hydrogens is 228 g/mol. The van der Waals surface area contributed by atoms with Gasteiger partial charge in [0.1, 0.15) is 17.7 Å². The fourth-order valence-corrected chi connectivity index (χ4v) is 1.36. The Morgan fingerprint density at radius 1 is 1.28 bits per heavy atom. The molecule has 0 saturated heterocycles. The van der Waals surface area contributed by atoms with Crippen molar-refractivity contribution in [3.8, 4) is 12.1 Å². The molecule has 0 aliphatic heterocycles. The molecule has 0 spiro atoms. The van der Waals surface area contributed by atoms with Crippen LogP contribution >= 0.6 is 0 Å². The SMILES string of the molecule is CC(=O)Nc1cccc(NC=C(C#N)C#N)c1C. The van der Waals surface area contributed by atoms with Crippen LogP contribution in [0.25, 0.3) is 0 Å². The first-order chi connectivity index (χ1) is 8.58. The van der Waals surface area contributed by atoms with Crippen molar-refractivity contribution < 1.29 is 4.79 Å². The second kappa shape index (κ2) is 6.07. The molecule has 0 aromatic heterocycles. The number of nitrogens with zero attached hydrogens (tertiary/aromatic N) is 2. The van der Waals surface area contributed by atoms with Crippen LogP contribution < -0.4 is 10.6 Å². The topological polar surface area (TPSA) is 88.7 Å². The van der Waals surface area contributed by atoms with Crippen molar-refractivity contribution in [1.82, 2.24) is 0 Å². The molecule has 5 nitrogen and oxygen atoms in total. The highest BCUT2D eigenvalue weighted by molar-refractivity contribution is 5.90. The quantitative estimate of drug-likeness (QED) is 0.793. The third kappa shape index (κ3) is 3.36. The summed E-state index contributed by atoms with van der Waals surface area (Å²) >= 11 is 0. The van der Waals surface area contributed by atoms with Gasteiger partial charge in [-0.2, -0.15) is 10.5 Å². The van der Waals surface area contributed by atoms with Crippen molar-refractivity contribution in [2.24, 2.45) is 0 Å². The minimum Gasteiger partial charge on any atom is -0.360 e. The molecule has 1 aromatic carbocycles. The molecule has 0 radical (unpaired) electrons. The van der Waals surface area contributed by atoms with E-state index in [0.29, 0.717) is 5.69 Å². The highest BCUT2D eigenvalue weighted by atomic mass is 16.1. The summed E-state index contributed by atoms with van der Waals surface area (Å²) in [5.74, 6) is -0.152. The summed E-state index contributed by atoms with van der Waals surface area (Å²) in [5.41, 5.74) is 2.24. The zero-order valence-corrected chi connectivity index (χ0v) is 10.1. The van der Waals surface area contributed by atoms with Crippen LogP contribution in [-0.4, -0.2) is 5.91 Å². The number of hydrogen-bond donors (Lipinski definition) is 2. The first kappa shape index (κ1) is 13.3. The second-order valence-electron chi connectivity index (χ2n) is 3.59. The van der Waals surface area contributed by atoms with Crippen molar-refractivity contribution in [2.45, 2.75) is 13.8 Å². The largest absolute Gasteiger partial charge is 0.360 e. The number of nitrogens with one attached hydrogen (secondary N) is 2. The lowest BCUT2D eigenvalue weighted by atomic mass is 10.1. The molecule has 0 aliphatic carbocycles. The maximum atomic E-state index is 11.0. The van der Waals surface area contributed by atoms with E-state index < -0.39 is 0 Å². The van der Waals surface area contributed by atoms with Crippen LogP contribution in [0.2, 0.25) is 0 Å². The zero-order chi connectivity index (χ0) is 13.5. The molecule has 1 aromatic rings. The van der Waals surface area contributed by atoms with Crippen molar-refractivity contribution >= 4 is 17.3 Å². The molecular formula is C13H12N4O. The summed E-state index contributed by atoms with van der Waals surface area (Å²) < 4.78 is 0. The summed E-state index contributed by atoms with van der Waals surface area (Å²) in [7, 11) is 0. The molecule has 0 atom stereocenters. The molecule has 0 aliphatic rings. The standard InChI is InChI=1S/C13H12N4O/c1-9-12(16-8-11(6-14)7-15)4-3-5-13(9)17-10(2)18/h3-5,8,16H,1-2H3,(H,17,18). The maximum absolute atomic E-state index is 11.0. The number of benzene rings is 1. The highest BCUT2D eigenvalue weighted by Gasteiger charge is 2.04. The van der Waals surface area contributed by atoms with Crippen LogP contribution in [0, 0.1) is 29.6 Å². The molecule has 1 amide bonds. The number of allylic oxidation sites excluding steroid dienone is 1. The Bertz CT molecular complexity index is 560. The Hall–Kier alpha value is -2.79. The maximum Gasteiger partial charge on any atom is 0.221 e. The summed E-state index contributed by atoms with van der Waals surface area (Å²) in [6, 6.07) is 8.86. The normalized spacial score (nSPS) is 8.67. The third-order valence-electron chi connectivity index (χ3n) is 2.26. The Balaban J connectivity index is 2.99. The number of carbonyl (C=O) groups is 1. The van der Waals surface area contributed by atoms with E-state index in [1.54, 1.807) is 30.3 Å². The molecule has 5 heteroatoms. The fourth-order valence-electron chi connectivity index (χ4n) is 1.36. The highest BCUT2D eigenvalue weighted by Crippen LogP contribution is 2.23. The summed E-state index contributed by atoms with van der Waals surface area (Å²) in [4.78, 5) is 11.0. The lowest BCUT2D eigenvalue weighted by molar-refractivity contribution is -0.114. The molecule has 18 heavy (non-hydrogen) atoms. The van der Waals surface area contributed by atoms with Crippen molar-refractivity contribution in [2.75, 3.05) is 10.6 Å². The van der Waals surface area contributed by atoms with E-state index in [1.807, 2.05) is 6.92 Å². The molecule has 2 N–H and O–H groups in total. The molecule has 1 rings (SSSR count). The molecule has 0 bridgehead atoms. The number of carbonyl (C=O) groups excluding carboxylic acids is 1. The van der Waals surface area contributed by atoms with E-state index in [-0.39, 0.29) is 11.5 Å². The number of amides is 1. The van der Waals surface area contributed by atoms with Crippen molar-refractivity contribution in [1.29, 1.82) is 10.5 Å². The average Bonchev–Trinajstić information content (AvgIpc) is 2.34. The first-order valence-electron chi connectivity index (χ1n) is 5.22. The van der Waals surface area contributed by atoms with E-state index in [9.17, 15) is 4.79 Å². The Kier molecular flexibility index (Phi) is 4.48. The van der Waals surface area contributed by atoms with E-state index >= 15 is 0 Å². The minimum atomic E-state index is -0.152. The summed E-state index contributed by atoms with van der Waals surface area (Å²) in [5, 5.41) is 22.8. The van der Waals surface area contributed by atoms with Gasteiger partial charge in [0.2, 0.25) is 5.91 Å². The van der Waals surface area contributed by atoms with E-state index in [0.717, 1.165) is 11.3 Å². The van der Waals surface area contributed by atoms with Crippen molar-refractivity contribution in [3.63, 3.8) is 0 Å². The van der Waals surface area contributed by atoms with Crippen LogP contribution in [0.3, 0.4) is 0 Å². The minimum absolute atomic E-state index is 0.0145. The monoisotopic (exact) mass is 240 g/mol. The van der Waals surface area contributed by atoms with Gasteiger partial charge in [-0.15, -0.1) is 0 Å². The molecule has 0 saturated carbocycles. The number of hydrogen-bond acceptors (Lipinski definition) is 4. The first-order valence-corrected chi connectivity index (χ1v) is 5.22. The third-order valence-corrected chi connectivity index (χ3v) is 2.26. The number of rotatable bonds is 3. The van der Waals surface area contributed by atoms with Crippen LogP contribution in [0.15, 0.2) is 30.0 Å². The number of nitriles is 2. The van der Waals surface area contributed by atoms with Gasteiger partial charge in [-0.3, -0.25) is 4.79 Å². The molecule has 90 valence electrons. The lowest BCUT2D eigenvalue weighted by Gasteiger charge is -2.11. The van der Waals surface area contributed by atoms with Gasteiger partial charge in [-0.1, -0.05) is 6.07 Å². The van der Waals surface area contributed by atoms with E-state index in [4.69, 9.17) is 10.5 Å². The Morgan fingerprint density at radius 2 is 1.89 bits per heavy atom. The zero-order valence-electron chi connectivity index (χ0n) is 10.1. The van der Waals surface area contributed by atoms with Crippen LogP contribution in [0.1, 0.15) is 12.5 Å². The fraction of sp³-hybridized carbons (Fsp3) is 0.154.